The highest BCUT2D eigenvalue weighted by Crippen LogP contribution is 2.61. The highest BCUT2D eigenvalue weighted by molar-refractivity contribution is 5.01. The summed E-state index contributed by atoms with van der Waals surface area (Å²) < 4.78 is 11.5. The molecule has 1 atom stereocenters. The van der Waals surface area contributed by atoms with Gasteiger partial charge in [-0.3, -0.25) is 0 Å². The van der Waals surface area contributed by atoms with Crippen LogP contribution in [0.25, 0.3) is 0 Å². The highest BCUT2D eigenvalue weighted by Gasteiger charge is 2.50. The lowest BCUT2D eigenvalue weighted by molar-refractivity contribution is -0.162. The average Bonchev–Trinajstić information content (AvgIpc) is 2.25. The van der Waals surface area contributed by atoms with Crippen molar-refractivity contribution in [2.75, 3.05) is 6.61 Å². The molecule has 1 unspecified atom stereocenters. The van der Waals surface area contributed by atoms with Crippen molar-refractivity contribution in [3.63, 3.8) is 0 Å². The zero-order chi connectivity index (χ0) is 13.5. The summed E-state index contributed by atoms with van der Waals surface area (Å²) in [6.07, 6.45) is 10.5. The van der Waals surface area contributed by atoms with E-state index >= 15 is 0 Å². The van der Waals surface area contributed by atoms with E-state index in [0.717, 1.165) is 24.4 Å². The first-order chi connectivity index (χ1) is 9.05. The molecular formula is C17H30O2. The monoisotopic (exact) mass is 266 g/mol. The molecule has 19 heavy (non-hydrogen) atoms. The SMILES string of the molecule is CC(C)OC(C)OCCC12CC3CC(CC(C3)C1)C2. The van der Waals surface area contributed by atoms with Gasteiger partial charge in [-0.15, -0.1) is 0 Å². The van der Waals surface area contributed by atoms with Crippen LogP contribution in [0.4, 0.5) is 0 Å². The van der Waals surface area contributed by atoms with E-state index in [1.54, 1.807) is 0 Å². The molecule has 0 heterocycles. The van der Waals surface area contributed by atoms with Crippen molar-refractivity contribution >= 4 is 0 Å². The first-order valence-electron chi connectivity index (χ1n) is 8.32. The van der Waals surface area contributed by atoms with E-state index in [2.05, 4.69) is 13.8 Å². The Hall–Kier alpha value is -0.0800. The topological polar surface area (TPSA) is 18.5 Å². The molecule has 4 aliphatic carbocycles. The molecule has 0 aromatic heterocycles. The summed E-state index contributed by atoms with van der Waals surface area (Å²) in [5.74, 6) is 3.15. The molecule has 4 rings (SSSR count). The van der Waals surface area contributed by atoms with Crippen molar-refractivity contribution in [3.8, 4) is 0 Å². The van der Waals surface area contributed by atoms with Gasteiger partial charge in [0.2, 0.25) is 0 Å². The summed E-state index contributed by atoms with van der Waals surface area (Å²) in [5, 5.41) is 0. The predicted octanol–water partition coefficient (Wildman–Crippen LogP) is 4.38. The summed E-state index contributed by atoms with van der Waals surface area (Å²) in [6, 6.07) is 0. The quantitative estimate of drug-likeness (QED) is 0.664. The minimum Gasteiger partial charge on any atom is -0.353 e. The third kappa shape index (κ3) is 3.16. The Morgan fingerprint density at radius 2 is 1.47 bits per heavy atom. The molecule has 0 aliphatic heterocycles. The Bertz CT molecular complexity index is 275. The van der Waals surface area contributed by atoms with Gasteiger partial charge in [-0.1, -0.05) is 0 Å². The normalized spacial score (nSPS) is 42.0. The van der Waals surface area contributed by atoms with E-state index in [1.165, 1.54) is 44.9 Å². The number of hydrogen-bond donors (Lipinski definition) is 0. The third-order valence-corrected chi connectivity index (χ3v) is 5.61. The van der Waals surface area contributed by atoms with E-state index in [4.69, 9.17) is 9.47 Å². The van der Waals surface area contributed by atoms with Crippen LogP contribution in [0, 0.1) is 23.2 Å². The zero-order valence-electron chi connectivity index (χ0n) is 12.9. The van der Waals surface area contributed by atoms with Crippen LogP contribution in [0.15, 0.2) is 0 Å². The summed E-state index contributed by atoms with van der Waals surface area (Å²) in [6.45, 7) is 7.05. The van der Waals surface area contributed by atoms with Crippen LogP contribution in [-0.2, 0) is 9.47 Å². The minimum atomic E-state index is -0.0473. The fourth-order valence-corrected chi connectivity index (χ4v) is 5.46. The van der Waals surface area contributed by atoms with Crippen LogP contribution >= 0.6 is 0 Å². The van der Waals surface area contributed by atoms with Crippen molar-refractivity contribution in [2.45, 2.75) is 78.1 Å². The second-order valence-electron chi connectivity index (χ2n) is 7.79. The Balaban J connectivity index is 1.47. The van der Waals surface area contributed by atoms with Crippen molar-refractivity contribution in [1.29, 1.82) is 0 Å². The van der Waals surface area contributed by atoms with Gasteiger partial charge < -0.3 is 9.47 Å². The van der Waals surface area contributed by atoms with Crippen LogP contribution in [0.3, 0.4) is 0 Å². The van der Waals surface area contributed by atoms with Crippen molar-refractivity contribution < 1.29 is 9.47 Å². The van der Waals surface area contributed by atoms with Gasteiger partial charge in [-0.2, -0.15) is 0 Å². The fraction of sp³-hybridized carbons (Fsp3) is 1.00. The van der Waals surface area contributed by atoms with Crippen LogP contribution < -0.4 is 0 Å². The van der Waals surface area contributed by atoms with Crippen LogP contribution in [0.5, 0.6) is 0 Å². The molecule has 0 radical (unpaired) electrons. The molecule has 4 fully saturated rings. The third-order valence-electron chi connectivity index (χ3n) is 5.61. The van der Waals surface area contributed by atoms with Crippen molar-refractivity contribution in [2.24, 2.45) is 23.2 Å². The molecule has 0 saturated heterocycles. The molecule has 0 spiro atoms. The molecule has 2 heteroatoms. The summed E-state index contributed by atoms with van der Waals surface area (Å²) in [4.78, 5) is 0. The van der Waals surface area contributed by atoms with Gasteiger partial charge in [0.25, 0.3) is 0 Å². The lowest BCUT2D eigenvalue weighted by atomic mass is 9.49. The molecular weight excluding hydrogens is 236 g/mol. The van der Waals surface area contributed by atoms with Crippen LogP contribution in [0.2, 0.25) is 0 Å². The summed E-state index contributed by atoms with van der Waals surface area (Å²) in [5.41, 5.74) is 0.645. The second-order valence-corrected chi connectivity index (χ2v) is 7.79. The van der Waals surface area contributed by atoms with Gasteiger partial charge in [-0.05, 0) is 88.9 Å². The summed E-state index contributed by atoms with van der Waals surface area (Å²) in [7, 11) is 0. The van der Waals surface area contributed by atoms with Gasteiger partial charge >= 0.3 is 0 Å². The maximum atomic E-state index is 5.87. The predicted molar refractivity (Wildman–Crippen MR) is 76.9 cm³/mol. The largest absolute Gasteiger partial charge is 0.353 e. The van der Waals surface area contributed by atoms with Crippen molar-refractivity contribution in [3.05, 3.63) is 0 Å². The van der Waals surface area contributed by atoms with Crippen LogP contribution in [-0.4, -0.2) is 19.0 Å². The van der Waals surface area contributed by atoms with E-state index in [0.29, 0.717) is 5.41 Å². The lowest BCUT2D eigenvalue weighted by Crippen LogP contribution is -2.46. The highest BCUT2D eigenvalue weighted by atomic mass is 16.7. The smallest absolute Gasteiger partial charge is 0.155 e. The molecule has 0 N–H and O–H groups in total. The van der Waals surface area contributed by atoms with Gasteiger partial charge in [0, 0.05) is 0 Å². The van der Waals surface area contributed by atoms with Crippen molar-refractivity contribution in [1.82, 2.24) is 0 Å². The Kier molecular flexibility index (Phi) is 3.92. The number of ether oxygens (including phenoxy) is 2. The number of hydrogen-bond acceptors (Lipinski definition) is 2. The fourth-order valence-electron chi connectivity index (χ4n) is 5.46. The average molecular weight is 266 g/mol. The van der Waals surface area contributed by atoms with E-state index in [1.807, 2.05) is 6.92 Å². The molecule has 0 aromatic carbocycles. The van der Waals surface area contributed by atoms with Crippen LogP contribution in [0.1, 0.15) is 65.7 Å². The summed E-state index contributed by atoms with van der Waals surface area (Å²) >= 11 is 0. The first-order valence-corrected chi connectivity index (χ1v) is 8.32. The molecule has 0 amide bonds. The molecule has 4 saturated carbocycles. The maximum absolute atomic E-state index is 5.87. The van der Waals surface area contributed by atoms with E-state index in [-0.39, 0.29) is 12.4 Å². The molecule has 4 bridgehead atoms. The van der Waals surface area contributed by atoms with E-state index in [9.17, 15) is 0 Å². The molecule has 110 valence electrons. The molecule has 0 aromatic rings. The Labute approximate surface area is 118 Å². The second kappa shape index (κ2) is 5.37. The number of rotatable bonds is 6. The molecule has 4 aliphatic rings. The maximum Gasteiger partial charge on any atom is 0.155 e. The Morgan fingerprint density at radius 1 is 0.947 bits per heavy atom. The standard InChI is InChI=1S/C17H30O2/c1-12(2)19-13(3)18-5-4-17-9-14-6-15(10-17)8-16(7-14)11-17/h12-16H,4-11H2,1-3H3. The molecule has 2 nitrogen and oxygen atoms in total. The first kappa shape index (κ1) is 13.9. The van der Waals surface area contributed by atoms with Gasteiger partial charge in [-0.25, -0.2) is 0 Å². The van der Waals surface area contributed by atoms with Gasteiger partial charge in [0.1, 0.15) is 0 Å². The van der Waals surface area contributed by atoms with Gasteiger partial charge in [0.15, 0.2) is 6.29 Å². The van der Waals surface area contributed by atoms with E-state index < -0.39 is 0 Å². The zero-order valence-corrected chi connectivity index (χ0v) is 12.9. The minimum absolute atomic E-state index is 0.0473. The Morgan fingerprint density at radius 3 is 1.95 bits per heavy atom. The van der Waals surface area contributed by atoms with Gasteiger partial charge in [0.05, 0.1) is 12.7 Å². The lowest BCUT2D eigenvalue weighted by Gasteiger charge is -2.57.